The van der Waals surface area contributed by atoms with E-state index in [1.807, 2.05) is 7.05 Å². The minimum atomic E-state index is 0.884. The van der Waals surface area contributed by atoms with E-state index in [0.29, 0.717) is 0 Å². The molecule has 1 aliphatic carbocycles. The van der Waals surface area contributed by atoms with Gasteiger partial charge in [0.15, 0.2) is 0 Å². The van der Waals surface area contributed by atoms with Crippen LogP contribution in [0.25, 0.3) is 0 Å². The third-order valence-corrected chi connectivity index (χ3v) is 2.00. The fourth-order valence-corrected chi connectivity index (χ4v) is 1.27. The number of nitrogens with one attached hydrogen (secondary N) is 1. The summed E-state index contributed by atoms with van der Waals surface area (Å²) in [5.41, 5.74) is 1.23. The molecule has 10 heavy (non-hydrogen) atoms. The zero-order valence-electron chi connectivity index (χ0n) is 6.15. The van der Waals surface area contributed by atoms with Crippen molar-refractivity contribution in [2.75, 3.05) is 13.6 Å². The Morgan fingerprint density at radius 2 is 2.50 bits per heavy atom. The van der Waals surface area contributed by atoms with Gasteiger partial charge in [-0.05, 0) is 25.5 Å². The molecule has 0 heterocycles. The van der Waals surface area contributed by atoms with Gasteiger partial charge >= 0.3 is 0 Å². The van der Waals surface area contributed by atoms with E-state index in [1.165, 1.54) is 5.57 Å². The second kappa shape index (κ2) is 3.79. The van der Waals surface area contributed by atoms with Crippen LogP contribution in [-0.4, -0.2) is 13.6 Å². The van der Waals surface area contributed by atoms with Crippen LogP contribution >= 0.6 is 11.6 Å². The number of rotatable bonds is 2. The van der Waals surface area contributed by atoms with E-state index in [0.717, 1.165) is 24.4 Å². The first-order valence-corrected chi connectivity index (χ1v) is 3.91. The highest BCUT2D eigenvalue weighted by atomic mass is 35.5. The van der Waals surface area contributed by atoms with Gasteiger partial charge in [0.2, 0.25) is 0 Å². The van der Waals surface area contributed by atoms with E-state index >= 15 is 0 Å². The molecule has 1 N–H and O–H groups in total. The zero-order valence-corrected chi connectivity index (χ0v) is 6.91. The minimum Gasteiger partial charge on any atom is -0.316 e. The van der Waals surface area contributed by atoms with Crippen LogP contribution in [0.5, 0.6) is 0 Å². The maximum atomic E-state index is 5.95. The Balaban J connectivity index is 2.60. The van der Waals surface area contributed by atoms with Crippen molar-refractivity contribution >= 4 is 11.6 Å². The Morgan fingerprint density at radius 3 is 3.10 bits per heavy atom. The van der Waals surface area contributed by atoms with Crippen LogP contribution in [0, 0.1) is 0 Å². The van der Waals surface area contributed by atoms with Crippen molar-refractivity contribution in [2.45, 2.75) is 12.8 Å². The van der Waals surface area contributed by atoms with E-state index in [1.54, 1.807) is 0 Å². The molecule has 1 nitrogen and oxygen atoms in total. The lowest BCUT2D eigenvalue weighted by Gasteiger charge is -2.09. The molecule has 0 saturated carbocycles. The SMILES string of the molecule is CNCC1=C(Cl)CCC=C1. The Labute approximate surface area is 66.8 Å². The summed E-state index contributed by atoms with van der Waals surface area (Å²) in [7, 11) is 1.93. The maximum Gasteiger partial charge on any atom is 0.0228 e. The Kier molecular flexibility index (Phi) is 2.97. The number of hydrogen-bond donors (Lipinski definition) is 1. The first kappa shape index (κ1) is 7.83. The summed E-state index contributed by atoms with van der Waals surface area (Å²) in [4.78, 5) is 0. The second-order valence-corrected chi connectivity index (χ2v) is 2.86. The van der Waals surface area contributed by atoms with Crippen LogP contribution in [0.2, 0.25) is 0 Å². The van der Waals surface area contributed by atoms with Crippen molar-refractivity contribution in [2.24, 2.45) is 0 Å². The van der Waals surface area contributed by atoms with Gasteiger partial charge in [-0.2, -0.15) is 0 Å². The van der Waals surface area contributed by atoms with E-state index in [2.05, 4.69) is 17.5 Å². The lowest BCUT2D eigenvalue weighted by molar-refractivity contribution is 0.868. The normalized spacial score (nSPS) is 18.2. The number of likely N-dealkylation sites (N-methyl/N-ethyl adjacent to an activating group) is 1. The summed E-state index contributed by atoms with van der Waals surface area (Å²) in [6, 6.07) is 0. The van der Waals surface area contributed by atoms with Gasteiger partial charge in [0.05, 0.1) is 0 Å². The summed E-state index contributed by atoms with van der Waals surface area (Å²) in [5, 5.41) is 4.09. The van der Waals surface area contributed by atoms with Crippen LogP contribution < -0.4 is 5.32 Å². The fraction of sp³-hybridized carbons (Fsp3) is 0.500. The molecule has 0 bridgehead atoms. The van der Waals surface area contributed by atoms with Gasteiger partial charge in [0, 0.05) is 11.6 Å². The van der Waals surface area contributed by atoms with Gasteiger partial charge < -0.3 is 5.32 Å². The van der Waals surface area contributed by atoms with Crippen molar-refractivity contribution in [3.05, 3.63) is 22.8 Å². The number of halogens is 1. The molecule has 0 aliphatic heterocycles. The molecule has 2 heteroatoms. The van der Waals surface area contributed by atoms with Gasteiger partial charge in [0.1, 0.15) is 0 Å². The summed E-state index contributed by atoms with van der Waals surface area (Å²) < 4.78 is 0. The fourth-order valence-electron chi connectivity index (χ4n) is 1.03. The molecule has 0 radical (unpaired) electrons. The quantitative estimate of drug-likeness (QED) is 0.647. The molecule has 0 aromatic rings. The molecule has 0 atom stereocenters. The van der Waals surface area contributed by atoms with Gasteiger partial charge in [0.25, 0.3) is 0 Å². The average molecular weight is 158 g/mol. The van der Waals surface area contributed by atoms with E-state index in [9.17, 15) is 0 Å². The van der Waals surface area contributed by atoms with Crippen molar-refractivity contribution in [3.63, 3.8) is 0 Å². The van der Waals surface area contributed by atoms with E-state index in [4.69, 9.17) is 11.6 Å². The average Bonchev–Trinajstić information content (AvgIpc) is 1.94. The predicted octanol–water partition coefficient (Wildman–Crippen LogP) is 2.05. The number of hydrogen-bond acceptors (Lipinski definition) is 1. The third kappa shape index (κ3) is 1.86. The molecule has 0 fully saturated rings. The molecule has 0 spiro atoms. The lowest BCUT2D eigenvalue weighted by atomic mass is 10.1. The van der Waals surface area contributed by atoms with Crippen molar-refractivity contribution in [1.82, 2.24) is 5.32 Å². The maximum absolute atomic E-state index is 5.95. The van der Waals surface area contributed by atoms with Crippen LogP contribution in [0.4, 0.5) is 0 Å². The number of allylic oxidation sites excluding steroid dienone is 2. The molecule has 1 aliphatic rings. The monoisotopic (exact) mass is 157 g/mol. The predicted molar refractivity (Wildman–Crippen MR) is 45.2 cm³/mol. The summed E-state index contributed by atoms with van der Waals surface area (Å²) in [6.45, 7) is 0.884. The van der Waals surface area contributed by atoms with Gasteiger partial charge in [-0.1, -0.05) is 23.8 Å². The Hall–Kier alpha value is -0.270. The first-order valence-electron chi connectivity index (χ1n) is 3.53. The second-order valence-electron chi connectivity index (χ2n) is 2.40. The Bertz CT molecular complexity index is 170. The summed E-state index contributed by atoms with van der Waals surface area (Å²) in [5.74, 6) is 0. The first-order chi connectivity index (χ1) is 4.84. The molecule has 0 amide bonds. The highest BCUT2D eigenvalue weighted by Crippen LogP contribution is 2.21. The molecule has 1 rings (SSSR count). The topological polar surface area (TPSA) is 12.0 Å². The van der Waals surface area contributed by atoms with Crippen molar-refractivity contribution in [1.29, 1.82) is 0 Å². The molecule has 0 unspecified atom stereocenters. The van der Waals surface area contributed by atoms with Crippen molar-refractivity contribution < 1.29 is 0 Å². The van der Waals surface area contributed by atoms with E-state index in [-0.39, 0.29) is 0 Å². The van der Waals surface area contributed by atoms with Gasteiger partial charge in [-0.3, -0.25) is 0 Å². The largest absolute Gasteiger partial charge is 0.316 e. The molecule has 0 saturated heterocycles. The zero-order chi connectivity index (χ0) is 7.40. The highest BCUT2D eigenvalue weighted by Gasteiger charge is 2.03. The molecular formula is C8H12ClN. The molecular weight excluding hydrogens is 146 g/mol. The lowest BCUT2D eigenvalue weighted by Crippen LogP contribution is -2.11. The Morgan fingerprint density at radius 1 is 1.70 bits per heavy atom. The smallest absolute Gasteiger partial charge is 0.0228 e. The molecule has 0 aromatic heterocycles. The van der Waals surface area contributed by atoms with Crippen LogP contribution in [0.15, 0.2) is 22.8 Å². The van der Waals surface area contributed by atoms with Gasteiger partial charge in [-0.15, -0.1) is 0 Å². The van der Waals surface area contributed by atoms with E-state index < -0.39 is 0 Å². The van der Waals surface area contributed by atoms with Gasteiger partial charge in [-0.25, -0.2) is 0 Å². The standard InChI is InChI=1S/C8H12ClN/c1-10-6-7-4-2-3-5-8(7)9/h2,4,10H,3,5-6H2,1H3. The third-order valence-electron chi connectivity index (χ3n) is 1.57. The highest BCUT2D eigenvalue weighted by molar-refractivity contribution is 6.30. The van der Waals surface area contributed by atoms with Crippen LogP contribution in [-0.2, 0) is 0 Å². The molecule has 0 aromatic carbocycles. The van der Waals surface area contributed by atoms with Crippen molar-refractivity contribution in [3.8, 4) is 0 Å². The van der Waals surface area contributed by atoms with Crippen LogP contribution in [0.3, 0.4) is 0 Å². The summed E-state index contributed by atoms with van der Waals surface area (Å²) >= 11 is 5.95. The molecule has 56 valence electrons. The van der Waals surface area contributed by atoms with Crippen LogP contribution in [0.1, 0.15) is 12.8 Å². The summed E-state index contributed by atoms with van der Waals surface area (Å²) in [6.07, 6.45) is 6.36. The minimum absolute atomic E-state index is 0.884.